The number of hydrogen-bond donors (Lipinski definition) is 1. The van der Waals surface area contributed by atoms with Crippen LogP contribution in [0.1, 0.15) is 35.8 Å². The number of anilines is 1. The quantitative estimate of drug-likeness (QED) is 0.871. The van der Waals surface area contributed by atoms with Crippen LogP contribution in [0.25, 0.3) is 0 Å². The highest BCUT2D eigenvalue weighted by Crippen LogP contribution is 2.18. The van der Waals surface area contributed by atoms with Crippen LogP contribution >= 0.6 is 0 Å². The van der Waals surface area contributed by atoms with E-state index < -0.39 is 0 Å². The van der Waals surface area contributed by atoms with Gasteiger partial charge in [0, 0.05) is 37.5 Å². The molecule has 2 aromatic rings. The van der Waals surface area contributed by atoms with Crippen LogP contribution in [0.15, 0.2) is 30.7 Å². The molecule has 0 atom stereocenters. The van der Waals surface area contributed by atoms with Crippen LogP contribution in [-0.4, -0.2) is 40.6 Å². The van der Waals surface area contributed by atoms with Gasteiger partial charge in [0.05, 0.1) is 6.61 Å². The third-order valence-electron chi connectivity index (χ3n) is 3.89. The van der Waals surface area contributed by atoms with Crippen molar-refractivity contribution in [3.63, 3.8) is 0 Å². The predicted octanol–water partition coefficient (Wildman–Crippen LogP) is 1.80. The number of rotatable bonds is 6. The van der Waals surface area contributed by atoms with E-state index in [0.29, 0.717) is 24.7 Å². The molecule has 0 saturated carbocycles. The lowest BCUT2D eigenvalue weighted by molar-refractivity contribution is 0.0945. The van der Waals surface area contributed by atoms with Crippen molar-refractivity contribution in [3.8, 4) is 5.88 Å². The van der Waals surface area contributed by atoms with E-state index in [-0.39, 0.29) is 5.91 Å². The molecule has 3 heterocycles. The SMILES string of the molecule is CCOc1ncccc1CNC(=O)c1cc(N2CCCC2)ncn1. The highest BCUT2D eigenvalue weighted by Gasteiger charge is 2.16. The Morgan fingerprint density at radius 3 is 2.92 bits per heavy atom. The summed E-state index contributed by atoms with van der Waals surface area (Å²) in [6.07, 6.45) is 5.43. The maximum atomic E-state index is 12.4. The average molecular weight is 327 g/mol. The van der Waals surface area contributed by atoms with E-state index in [2.05, 4.69) is 25.2 Å². The molecule has 1 fully saturated rings. The van der Waals surface area contributed by atoms with Crippen molar-refractivity contribution >= 4 is 11.7 Å². The van der Waals surface area contributed by atoms with Gasteiger partial charge >= 0.3 is 0 Å². The lowest BCUT2D eigenvalue weighted by atomic mass is 10.2. The number of hydrogen-bond acceptors (Lipinski definition) is 6. The van der Waals surface area contributed by atoms with Gasteiger partial charge in [0.1, 0.15) is 17.8 Å². The Morgan fingerprint density at radius 1 is 1.29 bits per heavy atom. The number of aromatic nitrogens is 3. The maximum Gasteiger partial charge on any atom is 0.270 e. The lowest BCUT2D eigenvalue weighted by Gasteiger charge is -2.16. The molecule has 1 saturated heterocycles. The molecule has 1 aliphatic heterocycles. The van der Waals surface area contributed by atoms with Crippen molar-refractivity contribution in [2.75, 3.05) is 24.6 Å². The second kappa shape index (κ2) is 7.72. The van der Waals surface area contributed by atoms with Crippen LogP contribution in [0.4, 0.5) is 5.82 Å². The van der Waals surface area contributed by atoms with Crippen LogP contribution in [0.3, 0.4) is 0 Å². The van der Waals surface area contributed by atoms with Crippen LogP contribution in [0, 0.1) is 0 Å². The first kappa shape index (κ1) is 16.2. The van der Waals surface area contributed by atoms with Crippen molar-refractivity contribution in [3.05, 3.63) is 42.0 Å². The zero-order valence-electron chi connectivity index (χ0n) is 13.7. The van der Waals surface area contributed by atoms with Crippen LogP contribution in [0.2, 0.25) is 0 Å². The number of ether oxygens (including phenoxy) is 1. The molecule has 0 aromatic carbocycles. The predicted molar refractivity (Wildman–Crippen MR) is 90.1 cm³/mol. The van der Waals surface area contributed by atoms with E-state index in [0.717, 1.165) is 37.3 Å². The fourth-order valence-electron chi connectivity index (χ4n) is 2.68. The van der Waals surface area contributed by atoms with Crippen LogP contribution in [0.5, 0.6) is 5.88 Å². The third-order valence-corrected chi connectivity index (χ3v) is 3.89. The first-order chi connectivity index (χ1) is 11.8. The molecule has 2 aromatic heterocycles. The molecule has 7 heteroatoms. The van der Waals surface area contributed by atoms with Crippen LogP contribution < -0.4 is 15.0 Å². The number of amides is 1. The van der Waals surface area contributed by atoms with Gasteiger partial charge in [-0.05, 0) is 25.8 Å². The van der Waals surface area contributed by atoms with E-state index in [1.807, 2.05) is 19.1 Å². The molecule has 0 unspecified atom stereocenters. The number of nitrogens with zero attached hydrogens (tertiary/aromatic N) is 4. The Hall–Kier alpha value is -2.70. The van der Waals surface area contributed by atoms with E-state index in [1.165, 1.54) is 6.33 Å². The Balaban J connectivity index is 1.66. The van der Waals surface area contributed by atoms with E-state index in [1.54, 1.807) is 12.3 Å². The monoisotopic (exact) mass is 327 g/mol. The molecular weight excluding hydrogens is 306 g/mol. The van der Waals surface area contributed by atoms with E-state index in [9.17, 15) is 4.79 Å². The zero-order chi connectivity index (χ0) is 16.8. The Bertz CT molecular complexity index is 701. The topological polar surface area (TPSA) is 80.2 Å². The van der Waals surface area contributed by atoms with Crippen molar-refractivity contribution in [2.24, 2.45) is 0 Å². The molecule has 1 aliphatic rings. The van der Waals surface area contributed by atoms with Gasteiger partial charge in [-0.15, -0.1) is 0 Å². The van der Waals surface area contributed by atoms with Crippen LogP contribution in [-0.2, 0) is 6.54 Å². The minimum Gasteiger partial charge on any atom is -0.478 e. The fraction of sp³-hybridized carbons (Fsp3) is 0.412. The third kappa shape index (κ3) is 3.79. The van der Waals surface area contributed by atoms with Crippen molar-refractivity contribution in [1.29, 1.82) is 0 Å². The highest BCUT2D eigenvalue weighted by molar-refractivity contribution is 5.92. The minimum absolute atomic E-state index is 0.232. The average Bonchev–Trinajstić information content (AvgIpc) is 3.16. The van der Waals surface area contributed by atoms with Crippen molar-refractivity contribution in [1.82, 2.24) is 20.3 Å². The highest BCUT2D eigenvalue weighted by atomic mass is 16.5. The molecule has 7 nitrogen and oxygen atoms in total. The van der Waals surface area contributed by atoms with Gasteiger partial charge < -0.3 is 15.0 Å². The molecule has 1 N–H and O–H groups in total. The second-order valence-electron chi connectivity index (χ2n) is 5.54. The fourth-order valence-corrected chi connectivity index (χ4v) is 2.68. The summed E-state index contributed by atoms with van der Waals surface area (Å²) >= 11 is 0. The van der Waals surface area contributed by atoms with Gasteiger partial charge in [0.2, 0.25) is 5.88 Å². The number of nitrogens with one attached hydrogen (secondary N) is 1. The van der Waals surface area contributed by atoms with Crippen molar-refractivity contribution < 1.29 is 9.53 Å². The summed E-state index contributed by atoms with van der Waals surface area (Å²) in [5, 5.41) is 2.86. The first-order valence-electron chi connectivity index (χ1n) is 8.20. The summed E-state index contributed by atoms with van der Waals surface area (Å²) in [5.74, 6) is 1.12. The maximum absolute atomic E-state index is 12.4. The minimum atomic E-state index is -0.232. The summed E-state index contributed by atoms with van der Waals surface area (Å²) in [5.41, 5.74) is 1.20. The van der Waals surface area contributed by atoms with E-state index in [4.69, 9.17) is 4.74 Å². The second-order valence-corrected chi connectivity index (χ2v) is 5.54. The van der Waals surface area contributed by atoms with Crippen molar-refractivity contribution in [2.45, 2.75) is 26.3 Å². The molecule has 0 aliphatic carbocycles. The Morgan fingerprint density at radius 2 is 2.12 bits per heavy atom. The lowest BCUT2D eigenvalue weighted by Crippen LogP contribution is -2.25. The number of carbonyl (C=O) groups is 1. The molecule has 126 valence electrons. The first-order valence-corrected chi connectivity index (χ1v) is 8.20. The zero-order valence-corrected chi connectivity index (χ0v) is 13.7. The normalized spacial score (nSPS) is 13.8. The molecule has 0 radical (unpaired) electrons. The summed E-state index contributed by atoms with van der Waals surface area (Å²) in [4.78, 5) is 27.1. The standard InChI is InChI=1S/C17H21N5O2/c1-2-24-17-13(6-5-7-18-17)11-19-16(23)14-10-15(21-12-20-14)22-8-3-4-9-22/h5-7,10,12H,2-4,8-9,11H2,1H3,(H,19,23). The number of pyridine rings is 1. The van der Waals surface area contributed by atoms with Gasteiger partial charge in [-0.3, -0.25) is 4.79 Å². The largest absolute Gasteiger partial charge is 0.478 e. The van der Waals surface area contributed by atoms with Gasteiger partial charge in [-0.1, -0.05) is 6.07 Å². The summed E-state index contributed by atoms with van der Waals surface area (Å²) < 4.78 is 5.47. The molecule has 0 spiro atoms. The van der Waals surface area contributed by atoms with E-state index >= 15 is 0 Å². The smallest absolute Gasteiger partial charge is 0.270 e. The number of carbonyl (C=O) groups excluding carboxylic acids is 1. The molecular formula is C17H21N5O2. The van der Waals surface area contributed by atoms with Gasteiger partial charge in [-0.2, -0.15) is 0 Å². The Labute approximate surface area is 141 Å². The van der Waals surface area contributed by atoms with Gasteiger partial charge in [0.15, 0.2) is 0 Å². The molecule has 3 rings (SSSR count). The molecule has 24 heavy (non-hydrogen) atoms. The summed E-state index contributed by atoms with van der Waals surface area (Å²) in [7, 11) is 0. The van der Waals surface area contributed by atoms with Gasteiger partial charge in [-0.25, -0.2) is 15.0 Å². The molecule has 0 bridgehead atoms. The molecule has 1 amide bonds. The summed E-state index contributed by atoms with van der Waals surface area (Å²) in [6.45, 7) is 4.73. The Kier molecular flexibility index (Phi) is 5.20. The summed E-state index contributed by atoms with van der Waals surface area (Å²) in [6, 6.07) is 5.45. The van der Waals surface area contributed by atoms with Gasteiger partial charge in [0.25, 0.3) is 5.91 Å².